The Balaban J connectivity index is 1.85. The smallest absolute Gasteiger partial charge is 0.236 e. The number of likely N-dealkylation sites (N-methyl/N-ethyl adjacent to an activating group) is 1. The minimum absolute atomic E-state index is 0.0384. The molecule has 1 unspecified atom stereocenters. The van der Waals surface area contributed by atoms with Gasteiger partial charge in [-0.25, -0.2) is 0 Å². The zero-order chi connectivity index (χ0) is 18.1. The van der Waals surface area contributed by atoms with Gasteiger partial charge in [0.05, 0.1) is 6.04 Å². The molecule has 0 aliphatic rings. The standard InChI is InChI=1S/C21H28N2O2/c1-16(2)13-20(21(24)22-3)23-14-17-9-11-19(12-10-17)25-15-18-7-5-4-6-8-18/h4-12,16,20,23H,13-15H2,1-3H3,(H,22,24). The first kappa shape index (κ1) is 19.0. The molecule has 0 saturated carbocycles. The Morgan fingerprint density at radius 3 is 2.28 bits per heavy atom. The Hall–Kier alpha value is -2.33. The van der Waals surface area contributed by atoms with Crippen LogP contribution in [0, 0.1) is 5.92 Å². The van der Waals surface area contributed by atoms with Crippen LogP contribution in [0.1, 0.15) is 31.4 Å². The summed E-state index contributed by atoms with van der Waals surface area (Å²) < 4.78 is 5.80. The van der Waals surface area contributed by atoms with Gasteiger partial charge in [0, 0.05) is 13.6 Å². The van der Waals surface area contributed by atoms with Crippen LogP contribution in [0.3, 0.4) is 0 Å². The van der Waals surface area contributed by atoms with Gasteiger partial charge in [-0.05, 0) is 35.6 Å². The molecule has 0 bridgehead atoms. The Bertz CT molecular complexity index is 639. The second kappa shape index (κ2) is 9.84. The lowest BCUT2D eigenvalue weighted by molar-refractivity contribution is -0.123. The molecular formula is C21H28N2O2. The minimum atomic E-state index is -0.168. The first-order valence-corrected chi connectivity index (χ1v) is 8.79. The molecule has 0 saturated heterocycles. The molecular weight excluding hydrogens is 312 g/mol. The predicted octanol–water partition coefficient (Wildman–Crippen LogP) is 3.52. The third kappa shape index (κ3) is 6.59. The molecule has 4 heteroatoms. The first-order valence-electron chi connectivity index (χ1n) is 8.79. The average Bonchev–Trinajstić information content (AvgIpc) is 2.64. The predicted molar refractivity (Wildman–Crippen MR) is 101 cm³/mol. The van der Waals surface area contributed by atoms with E-state index >= 15 is 0 Å². The van der Waals surface area contributed by atoms with Crippen molar-refractivity contribution in [3.05, 3.63) is 65.7 Å². The topological polar surface area (TPSA) is 50.4 Å². The van der Waals surface area contributed by atoms with E-state index in [-0.39, 0.29) is 11.9 Å². The van der Waals surface area contributed by atoms with E-state index in [1.54, 1.807) is 7.05 Å². The monoisotopic (exact) mass is 340 g/mol. The highest BCUT2D eigenvalue weighted by molar-refractivity contribution is 5.81. The average molecular weight is 340 g/mol. The van der Waals surface area contributed by atoms with E-state index in [4.69, 9.17) is 4.74 Å². The maximum Gasteiger partial charge on any atom is 0.236 e. The number of amides is 1. The molecule has 2 N–H and O–H groups in total. The number of hydrogen-bond donors (Lipinski definition) is 2. The molecule has 4 nitrogen and oxygen atoms in total. The van der Waals surface area contributed by atoms with E-state index in [2.05, 4.69) is 24.5 Å². The van der Waals surface area contributed by atoms with E-state index < -0.39 is 0 Å². The molecule has 0 heterocycles. The number of rotatable bonds is 9. The molecule has 0 spiro atoms. The van der Waals surface area contributed by atoms with Gasteiger partial charge in [0.2, 0.25) is 5.91 Å². The number of hydrogen-bond acceptors (Lipinski definition) is 3. The van der Waals surface area contributed by atoms with Crippen molar-refractivity contribution < 1.29 is 9.53 Å². The van der Waals surface area contributed by atoms with E-state index in [1.165, 1.54) is 0 Å². The van der Waals surface area contributed by atoms with Crippen LogP contribution in [0.2, 0.25) is 0 Å². The molecule has 2 aromatic rings. The summed E-state index contributed by atoms with van der Waals surface area (Å²) in [5.74, 6) is 1.35. The normalized spacial score (nSPS) is 12.0. The lowest BCUT2D eigenvalue weighted by atomic mass is 10.0. The number of nitrogens with one attached hydrogen (secondary N) is 2. The number of carbonyl (C=O) groups is 1. The Labute approximate surface area is 150 Å². The summed E-state index contributed by atoms with van der Waals surface area (Å²) in [5.41, 5.74) is 2.28. The zero-order valence-corrected chi connectivity index (χ0v) is 15.3. The van der Waals surface area contributed by atoms with Crippen molar-refractivity contribution in [2.45, 2.75) is 39.5 Å². The van der Waals surface area contributed by atoms with Crippen molar-refractivity contribution in [1.29, 1.82) is 0 Å². The van der Waals surface area contributed by atoms with Crippen LogP contribution >= 0.6 is 0 Å². The van der Waals surface area contributed by atoms with E-state index in [1.807, 2.05) is 54.6 Å². The summed E-state index contributed by atoms with van der Waals surface area (Å²) in [5, 5.41) is 6.07. The van der Waals surface area contributed by atoms with Gasteiger partial charge in [-0.1, -0.05) is 56.3 Å². The van der Waals surface area contributed by atoms with Gasteiger partial charge in [0.1, 0.15) is 12.4 Å². The van der Waals surface area contributed by atoms with Gasteiger partial charge in [0.15, 0.2) is 0 Å². The second-order valence-corrected chi connectivity index (χ2v) is 6.60. The molecule has 134 valence electrons. The number of carbonyl (C=O) groups excluding carboxylic acids is 1. The molecule has 1 amide bonds. The summed E-state index contributed by atoms with van der Waals surface area (Å²) in [6, 6.07) is 17.9. The minimum Gasteiger partial charge on any atom is -0.489 e. The van der Waals surface area contributed by atoms with Crippen LogP contribution in [-0.2, 0) is 17.9 Å². The SMILES string of the molecule is CNC(=O)C(CC(C)C)NCc1ccc(OCc2ccccc2)cc1. The lowest BCUT2D eigenvalue weighted by Crippen LogP contribution is -2.43. The van der Waals surface area contributed by atoms with Gasteiger partial charge in [-0.2, -0.15) is 0 Å². The van der Waals surface area contributed by atoms with Crippen LogP contribution < -0.4 is 15.4 Å². The lowest BCUT2D eigenvalue weighted by Gasteiger charge is -2.19. The Kier molecular flexibility index (Phi) is 7.48. The Morgan fingerprint density at radius 1 is 1.00 bits per heavy atom. The third-order valence-electron chi connectivity index (χ3n) is 3.99. The van der Waals surface area contributed by atoms with E-state index in [0.29, 0.717) is 19.1 Å². The van der Waals surface area contributed by atoms with Gasteiger partial charge in [-0.15, -0.1) is 0 Å². The fourth-order valence-electron chi connectivity index (χ4n) is 2.61. The second-order valence-electron chi connectivity index (χ2n) is 6.60. The number of ether oxygens (including phenoxy) is 1. The highest BCUT2D eigenvalue weighted by Crippen LogP contribution is 2.15. The van der Waals surface area contributed by atoms with Crippen LogP contribution in [0.25, 0.3) is 0 Å². The van der Waals surface area contributed by atoms with Gasteiger partial charge >= 0.3 is 0 Å². The van der Waals surface area contributed by atoms with Crippen LogP contribution in [0.15, 0.2) is 54.6 Å². The van der Waals surface area contributed by atoms with E-state index in [9.17, 15) is 4.79 Å². The molecule has 0 fully saturated rings. The van der Waals surface area contributed by atoms with Crippen molar-refractivity contribution in [3.8, 4) is 5.75 Å². The molecule has 1 atom stereocenters. The number of benzene rings is 2. The fraction of sp³-hybridized carbons (Fsp3) is 0.381. The van der Waals surface area contributed by atoms with Crippen LogP contribution in [0.4, 0.5) is 0 Å². The van der Waals surface area contributed by atoms with Crippen LogP contribution in [-0.4, -0.2) is 19.0 Å². The van der Waals surface area contributed by atoms with Crippen molar-refractivity contribution in [2.24, 2.45) is 5.92 Å². The summed E-state index contributed by atoms with van der Waals surface area (Å²) in [7, 11) is 1.68. The summed E-state index contributed by atoms with van der Waals surface area (Å²) in [6.07, 6.45) is 0.817. The molecule has 0 radical (unpaired) electrons. The fourth-order valence-corrected chi connectivity index (χ4v) is 2.61. The highest BCUT2D eigenvalue weighted by Gasteiger charge is 2.17. The summed E-state index contributed by atoms with van der Waals surface area (Å²) >= 11 is 0. The molecule has 0 aliphatic heterocycles. The summed E-state index contributed by atoms with van der Waals surface area (Å²) in [6.45, 7) is 5.46. The Morgan fingerprint density at radius 2 is 1.68 bits per heavy atom. The van der Waals surface area contributed by atoms with Crippen molar-refractivity contribution in [3.63, 3.8) is 0 Å². The molecule has 0 aliphatic carbocycles. The molecule has 25 heavy (non-hydrogen) atoms. The molecule has 2 rings (SSSR count). The van der Waals surface area contributed by atoms with E-state index in [0.717, 1.165) is 23.3 Å². The van der Waals surface area contributed by atoms with Gasteiger partial charge in [0.25, 0.3) is 0 Å². The van der Waals surface area contributed by atoms with Gasteiger partial charge in [-0.3, -0.25) is 4.79 Å². The van der Waals surface area contributed by atoms with Crippen molar-refractivity contribution in [1.82, 2.24) is 10.6 Å². The van der Waals surface area contributed by atoms with Crippen molar-refractivity contribution >= 4 is 5.91 Å². The highest BCUT2D eigenvalue weighted by atomic mass is 16.5. The molecule has 0 aromatic heterocycles. The maximum atomic E-state index is 11.9. The maximum absolute atomic E-state index is 11.9. The largest absolute Gasteiger partial charge is 0.489 e. The van der Waals surface area contributed by atoms with Crippen molar-refractivity contribution in [2.75, 3.05) is 7.05 Å². The van der Waals surface area contributed by atoms with Crippen LogP contribution in [0.5, 0.6) is 5.75 Å². The van der Waals surface area contributed by atoms with Gasteiger partial charge < -0.3 is 15.4 Å². The third-order valence-corrected chi connectivity index (χ3v) is 3.99. The quantitative estimate of drug-likeness (QED) is 0.734. The summed E-state index contributed by atoms with van der Waals surface area (Å²) in [4.78, 5) is 11.9. The zero-order valence-electron chi connectivity index (χ0n) is 15.3. The first-order chi connectivity index (χ1) is 12.1. The molecule has 2 aromatic carbocycles.